The minimum Gasteiger partial charge on any atom is -0.495 e. The Morgan fingerprint density at radius 3 is 2.94 bits per heavy atom. The number of carbonyl (C=O) groups is 1. The smallest absolute Gasteiger partial charge is 0.234 e. The van der Waals surface area contributed by atoms with Gasteiger partial charge in [0, 0.05) is 0 Å². The van der Waals surface area contributed by atoms with E-state index in [4.69, 9.17) is 16.2 Å². The molecule has 98 valence electrons. The predicted molar refractivity (Wildman–Crippen MR) is 70.2 cm³/mol. The summed E-state index contributed by atoms with van der Waals surface area (Å²) in [6, 6.07) is 5.61. The normalized spacial score (nSPS) is 22.9. The van der Waals surface area contributed by atoms with Crippen LogP contribution in [0, 0.1) is 5.92 Å². The third-order valence-corrected chi connectivity index (χ3v) is 3.39. The maximum Gasteiger partial charge on any atom is 0.234 e. The molecule has 1 aliphatic rings. The molecule has 0 saturated carbocycles. The molecule has 1 aromatic rings. The molecule has 1 saturated heterocycles. The van der Waals surface area contributed by atoms with E-state index in [9.17, 15) is 4.79 Å². The topological polar surface area (TPSA) is 90.4 Å². The Morgan fingerprint density at radius 1 is 1.56 bits per heavy atom. The molecule has 0 aliphatic carbocycles. The van der Waals surface area contributed by atoms with Gasteiger partial charge in [-0.2, -0.15) is 0 Å². The van der Waals surface area contributed by atoms with Crippen molar-refractivity contribution in [1.82, 2.24) is 5.32 Å². The van der Waals surface area contributed by atoms with Crippen LogP contribution in [0.1, 0.15) is 12.0 Å². The Bertz CT molecular complexity index is 448. The van der Waals surface area contributed by atoms with Crippen LogP contribution >= 0.6 is 0 Å². The zero-order valence-corrected chi connectivity index (χ0v) is 10.5. The molecule has 0 bridgehead atoms. The number of anilines is 1. The number of nitrogens with one attached hydrogen (secondary N) is 1. The van der Waals surface area contributed by atoms with Crippen LogP contribution < -0.4 is 21.5 Å². The van der Waals surface area contributed by atoms with Gasteiger partial charge in [-0.1, -0.05) is 6.07 Å². The summed E-state index contributed by atoms with van der Waals surface area (Å²) in [6.45, 7) is 0.820. The molecule has 18 heavy (non-hydrogen) atoms. The first-order valence-corrected chi connectivity index (χ1v) is 6.05. The van der Waals surface area contributed by atoms with Crippen molar-refractivity contribution in [2.24, 2.45) is 11.7 Å². The molecule has 1 aliphatic heterocycles. The molecule has 1 amide bonds. The lowest BCUT2D eigenvalue weighted by molar-refractivity contribution is -0.119. The molecule has 1 heterocycles. The lowest BCUT2D eigenvalue weighted by Crippen LogP contribution is -2.36. The number of hydrogen-bond acceptors (Lipinski definition) is 4. The first-order valence-electron chi connectivity index (χ1n) is 6.05. The molecule has 2 rings (SSSR count). The van der Waals surface area contributed by atoms with Crippen LogP contribution in [-0.4, -0.2) is 25.6 Å². The van der Waals surface area contributed by atoms with E-state index < -0.39 is 0 Å². The van der Waals surface area contributed by atoms with E-state index in [1.807, 2.05) is 18.2 Å². The minimum absolute atomic E-state index is 0.189. The largest absolute Gasteiger partial charge is 0.495 e. The Labute approximate surface area is 106 Å². The second-order valence-electron chi connectivity index (χ2n) is 4.75. The number of methoxy groups -OCH3 is 1. The highest BCUT2D eigenvalue weighted by Gasteiger charge is 2.27. The fraction of sp³-hybridized carbons (Fsp3) is 0.462. The summed E-state index contributed by atoms with van der Waals surface area (Å²) in [5.41, 5.74) is 12.9. The van der Waals surface area contributed by atoms with Gasteiger partial charge in [-0.25, -0.2) is 0 Å². The average Bonchev–Trinajstić information content (AvgIpc) is 2.80. The van der Waals surface area contributed by atoms with Crippen molar-refractivity contribution in [3.63, 3.8) is 0 Å². The lowest BCUT2D eigenvalue weighted by atomic mass is 9.96. The van der Waals surface area contributed by atoms with E-state index in [1.54, 1.807) is 7.11 Å². The Balaban J connectivity index is 2.00. The van der Waals surface area contributed by atoms with Gasteiger partial charge in [0.25, 0.3) is 0 Å². The summed E-state index contributed by atoms with van der Waals surface area (Å²) < 4.78 is 5.19. The maximum atomic E-state index is 11.1. The van der Waals surface area contributed by atoms with Gasteiger partial charge in [-0.15, -0.1) is 0 Å². The van der Waals surface area contributed by atoms with Gasteiger partial charge in [0.15, 0.2) is 0 Å². The summed E-state index contributed by atoms with van der Waals surface area (Å²) in [4.78, 5) is 11.1. The fourth-order valence-electron chi connectivity index (χ4n) is 2.40. The fourth-order valence-corrected chi connectivity index (χ4v) is 2.40. The van der Waals surface area contributed by atoms with Crippen molar-refractivity contribution in [2.45, 2.75) is 18.9 Å². The molecular weight excluding hydrogens is 230 g/mol. The molecule has 2 unspecified atom stereocenters. The highest BCUT2D eigenvalue weighted by molar-refractivity contribution is 5.80. The van der Waals surface area contributed by atoms with Crippen LogP contribution in [0.2, 0.25) is 0 Å². The van der Waals surface area contributed by atoms with Crippen LogP contribution in [0.15, 0.2) is 18.2 Å². The first-order chi connectivity index (χ1) is 8.60. The predicted octanol–water partition coefficient (Wildman–Crippen LogP) is 0.283. The molecule has 0 radical (unpaired) electrons. The molecule has 1 fully saturated rings. The molecule has 0 aromatic heterocycles. The molecule has 0 spiro atoms. The number of carbonyl (C=O) groups excluding carboxylic acids is 1. The second-order valence-corrected chi connectivity index (χ2v) is 4.75. The molecular formula is C13H19N3O2. The molecule has 5 N–H and O–H groups in total. The van der Waals surface area contributed by atoms with Crippen LogP contribution in [0.25, 0.3) is 0 Å². The summed E-state index contributed by atoms with van der Waals surface area (Å²) in [7, 11) is 1.61. The van der Waals surface area contributed by atoms with Crippen LogP contribution in [0.4, 0.5) is 5.69 Å². The van der Waals surface area contributed by atoms with Crippen molar-refractivity contribution in [3.05, 3.63) is 23.8 Å². The molecule has 2 atom stereocenters. The Morgan fingerprint density at radius 2 is 2.33 bits per heavy atom. The van der Waals surface area contributed by atoms with Gasteiger partial charge in [0.05, 0.1) is 18.8 Å². The summed E-state index contributed by atoms with van der Waals surface area (Å²) >= 11 is 0. The van der Waals surface area contributed by atoms with E-state index in [0.717, 1.165) is 24.9 Å². The van der Waals surface area contributed by atoms with Gasteiger partial charge in [-0.3, -0.25) is 4.79 Å². The average molecular weight is 249 g/mol. The van der Waals surface area contributed by atoms with Crippen molar-refractivity contribution >= 4 is 11.6 Å². The van der Waals surface area contributed by atoms with Crippen molar-refractivity contribution < 1.29 is 9.53 Å². The van der Waals surface area contributed by atoms with Gasteiger partial charge in [0.2, 0.25) is 5.91 Å². The highest BCUT2D eigenvalue weighted by atomic mass is 16.5. The zero-order valence-electron chi connectivity index (χ0n) is 10.5. The summed E-state index contributed by atoms with van der Waals surface area (Å²) in [6.07, 6.45) is 1.69. The van der Waals surface area contributed by atoms with E-state index in [1.165, 1.54) is 0 Å². The van der Waals surface area contributed by atoms with Crippen molar-refractivity contribution in [2.75, 3.05) is 19.4 Å². The quantitative estimate of drug-likeness (QED) is 0.669. The maximum absolute atomic E-state index is 11.1. The molecule has 5 nitrogen and oxygen atoms in total. The number of ether oxygens (including phenoxy) is 1. The third kappa shape index (κ3) is 2.73. The van der Waals surface area contributed by atoms with Gasteiger partial charge in [-0.05, 0) is 43.0 Å². The van der Waals surface area contributed by atoms with Gasteiger partial charge < -0.3 is 21.5 Å². The van der Waals surface area contributed by atoms with E-state index >= 15 is 0 Å². The highest BCUT2D eigenvalue weighted by Crippen LogP contribution is 2.25. The first kappa shape index (κ1) is 12.7. The zero-order chi connectivity index (χ0) is 13.1. The lowest BCUT2D eigenvalue weighted by Gasteiger charge is -2.11. The standard InChI is InChI=1S/C13H19N3O2/c1-18-12-6-8(2-3-10(12)14)4-9-5-11(13(15)17)16-7-9/h2-3,6,9,11,16H,4-5,7,14H2,1H3,(H2,15,17). The monoisotopic (exact) mass is 249 g/mol. The minimum atomic E-state index is -0.271. The summed E-state index contributed by atoms with van der Waals surface area (Å²) in [5.74, 6) is 0.855. The van der Waals surface area contributed by atoms with Crippen LogP contribution in [-0.2, 0) is 11.2 Å². The Hall–Kier alpha value is -1.75. The third-order valence-electron chi connectivity index (χ3n) is 3.39. The second kappa shape index (κ2) is 5.27. The van der Waals surface area contributed by atoms with E-state index in [-0.39, 0.29) is 11.9 Å². The van der Waals surface area contributed by atoms with Crippen LogP contribution in [0.5, 0.6) is 5.75 Å². The number of hydrogen-bond donors (Lipinski definition) is 3. The van der Waals surface area contributed by atoms with Crippen LogP contribution in [0.3, 0.4) is 0 Å². The van der Waals surface area contributed by atoms with Crippen molar-refractivity contribution in [1.29, 1.82) is 0 Å². The van der Waals surface area contributed by atoms with Gasteiger partial charge >= 0.3 is 0 Å². The number of nitrogen functional groups attached to an aromatic ring is 1. The summed E-state index contributed by atoms with van der Waals surface area (Å²) in [5, 5.41) is 3.14. The SMILES string of the molecule is COc1cc(CC2CNC(C(N)=O)C2)ccc1N. The van der Waals surface area contributed by atoms with Gasteiger partial charge in [0.1, 0.15) is 5.75 Å². The molecule has 5 heteroatoms. The number of primary amides is 1. The number of benzene rings is 1. The number of amides is 1. The molecule has 1 aromatic carbocycles. The van der Waals surface area contributed by atoms with E-state index in [2.05, 4.69) is 5.32 Å². The van der Waals surface area contributed by atoms with E-state index in [0.29, 0.717) is 17.4 Å². The van der Waals surface area contributed by atoms with Crippen molar-refractivity contribution in [3.8, 4) is 5.75 Å². The number of nitrogens with two attached hydrogens (primary N) is 2. The number of rotatable bonds is 4. The Kier molecular flexibility index (Phi) is 3.72.